The fourth-order valence-electron chi connectivity index (χ4n) is 1.55. The summed E-state index contributed by atoms with van der Waals surface area (Å²) in [6.45, 7) is 3.95. The van der Waals surface area contributed by atoms with E-state index in [1.807, 2.05) is 43.8 Å². The average Bonchev–Trinajstić information content (AvgIpc) is 2.58. The first kappa shape index (κ1) is 12.1. The molecule has 2 heterocycles. The van der Waals surface area contributed by atoms with Crippen molar-refractivity contribution < 1.29 is 0 Å². The van der Waals surface area contributed by atoms with Gasteiger partial charge >= 0.3 is 0 Å². The molecule has 0 saturated carbocycles. The van der Waals surface area contributed by atoms with Crippen LogP contribution in [-0.2, 0) is 7.05 Å². The largest absolute Gasteiger partial charge is 0.324 e. The number of aromatic nitrogens is 3. The molecule has 17 heavy (non-hydrogen) atoms. The molecule has 2 aromatic heterocycles. The lowest BCUT2D eigenvalue weighted by atomic mass is 10.1. The summed E-state index contributed by atoms with van der Waals surface area (Å²) < 4.78 is 1.86. The van der Waals surface area contributed by atoms with E-state index in [1.54, 1.807) is 18.0 Å². The van der Waals surface area contributed by atoms with Crippen LogP contribution in [0.1, 0.15) is 24.2 Å². The molecule has 4 nitrogen and oxygen atoms in total. The van der Waals surface area contributed by atoms with Crippen molar-refractivity contribution >= 4 is 11.8 Å². The molecule has 2 N–H and O–H groups in total. The third-order valence-corrected chi connectivity index (χ3v) is 3.48. The minimum absolute atomic E-state index is 0.0330. The first-order valence-electron chi connectivity index (χ1n) is 5.46. The highest BCUT2D eigenvalue weighted by atomic mass is 32.2. The smallest absolute Gasteiger partial charge is 0.102 e. The normalized spacial score (nSPS) is 12.7. The van der Waals surface area contributed by atoms with Gasteiger partial charge in [0.05, 0.1) is 5.69 Å². The van der Waals surface area contributed by atoms with Crippen LogP contribution < -0.4 is 5.73 Å². The molecule has 0 saturated heterocycles. The van der Waals surface area contributed by atoms with Crippen molar-refractivity contribution in [2.24, 2.45) is 12.8 Å². The van der Waals surface area contributed by atoms with Gasteiger partial charge in [-0.1, -0.05) is 11.8 Å². The molecule has 0 aliphatic heterocycles. The standard InChI is InChI=1S/C12H16N4S/c1-8-6-12(16(3)15-8)17-11-7-10(9(2)13)4-5-14-11/h4-7,9H,13H2,1-3H3/t9-/m0/s1. The molecule has 0 bridgehead atoms. The van der Waals surface area contributed by atoms with Crippen LogP contribution in [-0.4, -0.2) is 14.8 Å². The Morgan fingerprint density at radius 2 is 2.18 bits per heavy atom. The molecule has 0 aliphatic carbocycles. The minimum Gasteiger partial charge on any atom is -0.324 e. The minimum atomic E-state index is 0.0330. The molecule has 1 atom stereocenters. The number of hydrogen-bond acceptors (Lipinski definition) is 4. The first-order valence-corrected chi connectivity index (χ1v) is 6.28. The lowest BCUT2D eigenvalue weighted by molar-refractivity contribution is 0.692. The monoisotopic (exact) mass is 248 g/mol. The van der Waals surface area contributed by atoms with Crippen molar-refractivity contribution in [1.82, 2.24) is 14.8 Å². The first-order chi connectivity index (χ1) is 8.06. The molecule has 0 spiro atoms. The zero-order valence-electron chi connectivity index (χ0n) is 10.2. The number of nitrogens with zero attached hydrogens (tertiary/aromatic N) is 3. The van der Waals surface area contributed by atoms with E-state index in [0.717, 1.165) is 21.3 Å². The number of nitrogens with two attached hydrogens (primary N) is 1. The molecule has 5 heteroatoms. The molecule has 0 fully saturated rings. The highest BCUT2D eigenvalue weighted by molar-refractivity contribution is 7.99. The van der Waals surface area contributed by atoms with Crippen LogP contribution >= 0.6 is 11.8 Å². The molecule has 0 radical (unpaired) electrons. The summed E-state index contributed by atoms with van der Waals surface area (Å²) in [6.07, 6.45) is 1.80. The Labute approximate surface area is 105 Å². The van der Waals surface area contributed by atoms with E-state index in [4.69, 9.17) is 5.73 Å². The van der Waals surface area contributed by atoms with Gasteiger partial charge in [0.1, 0.15) is 10.1 Å². The predicted molar refractivity (Wildman–Crippen MR) is 68.9 cm³/mol. The molecule has 0 amide bonds. The summed E-state index contributed by atoms with van der Waals surface area (Å²) in [5.41, 5.74) is 7.97. The van der Waals surface area contributed by atoms with Crippen molar-refractivity contribution in [1.29, 1.82) is 0 Å². The fourth-order valence-corrected chi connectivity index (χ4v) is 2.48. The zero-order chi connectivity index (χ0) is 12.4. The fraction of sp³-hybridized carbons (Fsp3) is 0.333. The molecule has 2 rings (SSSR count). The van der Waals surface area contributed by atoms with Crippen LogP contribution in [0.5, 0.6) is 0 Å². The maximum atomic E-state index is 5.86. The number of hydrogen-bond donors (Lipinski definition) is 1. The summed E-state index contributed by atoms with van der Waals surface area (Å²) in [7, 11) is 1.94. The summed E-state index contributed by atoms with van der Waals surface area (Å²) in [5.74, 6) is 0. The SMILES string of the molecule is Cc1cc(Sc2cc([C@H](C)N)ccn2)n(C)n1. The highest BCUT2D eigenvalue weighted by Crippen LogP contribution is 2.27. The second kappa shape index (κ2) is 4.89. The van der Waals surface area contributed by atoms with Gasteiger partial charge in [-0.2, -0.15) is 5.10 Å². The van der Waals surface area contributed by atoms with Gasteiger partial charge in [0, 0.05) is 19.3 Å². The lowest BCUT2D eigenvalue weighted by Crippen LogP contribution is -2.05. The van der Waals surface area contributed by atoms with Crippen molar-refractivity contribution in [2.75, 3.05) is 0 Å². The molecular weight excluding hydrogens is 232 g/mol. The van der Waals surface area contributed by atoms with E-state index in [1.165, 1.54) is 0 Å². The van der Waals surface area contributed by atoms with E-state index in [9.17, 15) is 0 Å². The van der Waals surface area contributed by atoms with Crippen LogP contribution in [0.2, 0.25) is 0 Å². The van der Waals surface area contributed by atoms with Crippen LogP contribution in [0.4, 0.5) is 0 Å². The van der Waals surface area contributed by atoms with Gasteiger partial charge < -0.3 is 5.73 Å². The van der Waals surface area contributed by atoms with E-state index < -0.39 is 0 Å². The Hall–Kier alpha value is -1.33. The highest BCUT2D eigenvalue weighted by Gasteiger charge is 2.07. The zero-order valence-corrected chi connectivity index (χ0v) is 11.0. The Morgan fingerprint density at radius 1 is 1.41 bits per heavy atom. The Balaban J connectivity index is 2.24. The quantitative estimate of drug-likeness (QED) is 0.905. The van der Waals surface area contributed by atoms with Crippen LogP contribution in [0.25, 0.3) is 0 Å². The predicted octanol–water partition coefficient (Wildman–Crippen LogP) is 2.29. The van der Waals surface area contributed by atoms with Gasteiger partial charge in [-0.3, -0.25) is 4.68 Å². The van der Waals surface area contributed by atoms with Gasteiger partial charge in [0.25, 0.3) is 0 Å². The topological polar surface area (TPSA) is 56.7 Å². The van der Waals surface area contributed by atoms with E-state index in [0.29, 0.717) is 0 Å². The summed E-state index contributed by atoms with van der Waals surface area (Å²) in [6, 6.07) is 6.05. The molecule has 2 aromatic rings. The second-order valence-electron chi connectivity index (χ2n) is 4.07. The molecule has 0 aromatic carbocycles. The molecular formula is C12H16N4S. The van der Waals surface area contributed by atoms with Crippen molar-refractivity contribution in [2.45, 2.75) is 29.9 Å². The van der Waals surface area contributed by atoms with Crippen molar-refractivity contribution in [3.8, 4) is 0 Å². The van der Waals surface area contributed by atoms with Gasteiger partial charge in [-0.25, -0.2) is 4.98 Å². The summed E-state index contributed by atoms with van der Waals surface area (Å²) in [4.78, 5) is 4.33. The van der Waals surface area contributed by atoms with Gasteiger partial charge in [0.2, 0.25) is 0 Å². The molecule has 0 unspecified atom stereocenters. The number of rotatable bonds is 3. The van der Waals surface area contributed by atoms with E-state index in [-0.39, 0.29) is 6.04 Å². The Bertz CT molecular complexity index is 519. The van der Waals surface area contributed by atoms with Crippen LogP contribution in [0.3, 0.4) is 0 Å². The molecule has 90 valence electrons. The lowest BCUT2D eigenvalue weighted by Gasteiger charge is -2.07. The van der Waals surface area contributed by atoms with Crippen molar-refractivity contribution in [3.63, 3.8) is 0 Å². The third kappa shape index (κ3) is 2.87. The molecule has 0 aliphatic rings. The van der Waals surface area contributed by atoms with Crippen LogP contribution in [0, 0.1) is 6.92 Å². The average molecular weight is 248 g/mol. The summed E-state index contributed by atoms with van der Waals surface area (Å²) in [5, 5.41) is 6.34. The van der Waals surface area contributed by atoms with Gasteiger partial charge in [0.15, 0.2) is 0 Å². The number of pyridine rings is 1. The maximum Gasteiger partial charge on any atom is 0.102 e. The Morgan fingerprint density at radius 3 is 2.76 bits per heavy atom. The Kier molecular flexibility index (Phi) is 3.49. The second-order valence-corrected chi connectivity index (χ2v) is 5.11. The van der Waals surface area contributed by atoms with Gasteiger partial charge in [-0.15, -0.1) is 0 Å². The van der Waals surface area contributed by atoms with E-state index >= 15 is 0 Å². The number of aryl methyl sites for hydroxylation is 2. The maximum absolute atomic E-state index is 5.86. The van der Waals surface area contributed by atoms with E-state index in [2.05, 4.69) is 10.1 Å². The third-order valence-electron chi connectivity index (χ3n) is 2.45. The van der Waals surface area contributed by atoms with Gasteiger partial charge in [-0.05, 0) is 37.6 Å². The summed E-state index contributed by atoms with van der Waals surface area (Å²) >= 11 is 1.60. The van der Waals surface area contributed by atoms with Crippen molar-refractivity contribution in [3.05, 3.63) is 35.7 Å². The van der Waals surface area contributed by atoms with Crippen LogP contribution in [0.15, 0.2) is 34.4 Å².